The maximum absolute atomic E-state index is 9.45. The Kier molecular flexibility index (Phi) is 5.46. The molecule has 2 rings (SSSR count). The van der Waals surface area contributed by atoms with Crippen LogP contribution < -0.4 is 4.90 Å². The van der Waals surface area contributed by atoms with E-state index in [9.17, 15) is 5.11 Å². The summed E-state index contributed by atoms with van der Waals surface area (Å²) >= 11 is 6.01. The van der Waals surface area contributed by atoms with Gasteiger partial charge < -0.3 is 15.1 Å². The van der Waals surface area contributed by atoms with E-state index in [1.807, 2.05) is 6.07 Å². The highest BCUT2D eigenvalue weighted by atomic mass is 35.5. The lowest BCUT2D eigenvalue weighted by Gasteiger charge is -2.39. The van der Waals surface area contributed by atoms with Crippen LogP contribution in [-0.4, -0.2) is 41.5 Å². The van der Waals surface area contributed by atoms with Crippen LogP contribution in [0, 0.1) is 17.3 Å². The summed E-state index contributed by atoms with van der Waals surface area (Å²) in [5.41, 5.74) is 1.83. The minimum Gasteiger partial charge on any atom is -0.396 e. The first-order chi connectivity index (χ1) is 10.1. The summed E-state index contributed by atoms with van der Waals surface area (Å²) in [5, 5.41) is 18.7. The van der Waals surface area contributed by atoms with E-state index in [1.54, 1.807) is 6.20 Å². The molecule has 1 aliphatic heterocycles. The minimum atomic E-state index is 0.00998. The molecule has 1 aromatic rings. The van der Waals surface area contributed by atoms with Gasteiger partial charge in [-0.2, -0.15) is 0 Å². The molecule has 1 saturated heterocycles. The first-order valence-electron chi connectivity index (χ1n) is 7.19. The number of aliphatic hydroxyl groups is 2. The van der Waals surface area contributed by atoms with Crippen LogP contribution in [0.3, 0.4) is 0 Å². The van der Waals surface area contributed by atoms with Gasteiger partial charge in [0.2, 0.25) is 0 Å². The lowest BCUT2D eigenvalue weighted by Crippen LogP contribution is -2.40. The van der Waals surface area contributed by atoms with Crippen molar-refractivity contribution in [2.75, 3.05) is 31.2 Å². The fourth-order valence-electron chi connectivity index (χ4n) is 2.44. The van der Waals surface area contributed by atoms with Crippen LogP contribution in [0.25, 0.3) is 0 Å². The normalized spacial score (nSPS) is 17.2. The van der Waals surface area contributed by atoms with Crippen LogP contribution in [0.2, 0.25) is 5.15 Å². The van der Waals surface area contributed by atoms with Gasteiger partial charge in [-0.05, 0) is 18.3 Å². The van der Waals surface area contributed by atoms with E-state index in [2.05, 4.69) is 28.6 Å². The Bertz CT molecular complexity index is 543. The van der Waals surface area contributed by atoms with Crippen molar-refractivity contribution < 1.29 is 10.2 Å². The number of aliphatic hydroxyl groups excluding tert-OH is 2. The smallest absolute Gasteiger partial charge is 0.131 e. The van der Waals surface area contributed by atoms with Gasteiger partial charge in [0.05, 0.1) is 17.9 Å². The Labute approximate surface area is 130 Å². The Morgan fingerprint density at radius 3 is 2.71 bits per heavy atom. The van der Waals surface area contributed by atoms with Crippen molar-refractivity contribution in [3.63, 3.8) is 0 Å². The summed E-state index contributed by atoms with van der Waals surface area (Å²) in [6.45, 7) is 4.13. The van der Waals surface area contributed by atoms with Crippen molar-refractivity contribution >= 4 is 17.3 Å². The van der Waals surface area contributed by atoms with Crippen LogP contribution >= 0.6 is 11.6 Å². The van der Waals surface area contributed by atoms with Crippen molar-refractivity contribution in [1.82, 2.24) is 4.98 Å². The molecular formula is C16H21ClN2O2. The fraction of sp³-hybridized carbons (Fsp3) is 0.562. The number of rotatable bonds is 3. The molecule has 2 N–H and O–H groups in total. The maximum atomic E-state index is 9.45. The molecular weight excluding hydrogens is 288 g/mol. The van der Waals surface area contributed by atoms with Gasteiger partial charge in [0, 0.05) is 38.4 Å². The lowest BCUT2D eigenvalue weighted by molar-refractivity contribution is 0.115. The molecule has 0 aliphatic carbocycles. The maximum Gasteiger partial charge on any atom is 0.131 e. The second-order valence-corrected chi connectivity index (χ2v) is 6.14. The van der Waals surface area contributed by atoms with Crippen LogP contribution in [-0.2, 0) is 0 Å². The highest BCUT2D eigenvalue weighted by Crippen LogP contribution is 2.34. The summed E-state index contributed by atoms with van der Waals surface area (Å²) in [6, 6.07) is 1.84. The molecule has 0 spiro atoms. The third kappa shape index (κ3) is 4.10. The van der Waals surface area contributed by atoms with Crippen LogP contribution in [0.5, 0.6) is 0 Å². The molecule has 4 nitrogen and oxygen atoms in total. The zero-order chi connectivity index (χ0) is 15.3. The Hall–Kier alpha value is -1.28. The SMILES string of the molecule is CC1(CO)CCN(c2cc(Cl)ncc2C#CCCO)CC1. The van der Waals surface area contributed by atoms with Gasteiger partial charge in [0.25, 0.3) is 0 Å². The molecule has 1 aliphatic rings. The van der Waals surface area contributed by atoms with Gasteiger partial charge in [-0.3, -0.25) is 0 Å². The standard InChI is InChI=1S/C16H21ClN2O2/c1-16(12-21)5-7-19(8-6-16)14-10-15(17)18-11-13(14)4-2-3-9-20/h10-11,20-21H,3,5-9,12H2,1H3. The van der Waals surface area contributed by atoms with Crippen molar-refractivity contribution in [2.45, 2.75) is 26.2 Å². The number of nitrogens with zero attached hydrogens (tertiary/aromatic N) is 2. The molecule has 0 atom stereocenters. The summed E-state index contributed by atoms with van der Waals surface area (Å²) in [7, 11) is 0. The van der Waals surface area contributed by atoms with E-state index in [0.29, 0.717) is 11.6 Å². The van der Waals surface area contributed by atoms with Crippen molar-refractivity contribution in [3.05, 3.63) is 23.0 Å². The van der Waals surface area contributed by atoms with Gasteiger partial charge in [0.15, 0.2) is 0 Å². The first-order valence-corrected chi connectivity index (χ1v) is 7.57. The fourth-order valence-corrected chi connectivity index (χ4v) is 2.59. The third-order valence-electron chi connectivity index (χ3n) is 4.00. The van der Waals surface area contributed by atoms with E-state index in [1.165, 1.54) is 0 Å². The number of halogens is 1. The second kappa shape index (κ2) is 7.13. The van der Waals surface area contributed by atoms with Crippen molar-refractivity contribution in [2.24, 2.45) is 5.41 Å². The number of aromatic nitrogens is 1. The number of piperidine rings is 1. The summed E-state index contributed by atoms with van der Waals surface area (Å²) in [6.07, 6.45) is 4.01. The van der Waals surface area contributed by atoms with Crippen LogP contribution in [0.15, 0.2) is 12.3 Å². The Morgan fingerprint density at radius 1 is 1.38 bits per heavy atom. The number of anilines is 1. The van der Waals surface area contributed by atoms with Gasteiger partial charge in [-0.1, -0.05) is 30.4 Å². The molecule has 0 unspecified atom stereocenters. The average Bonchev–Trinajstić information content (AvgIpc) is 2.50. The van der Waals surface area contributed by atoms with Crippen molar-refractivity contribution in [3.8, 4) is 11.8 Å². The second-order valence-electron chi connectivity index (χ2n) is 5.76. The Balaban J connectivity index is 2.20. The molecule has 0 aromatic carbocycles. The van der Waals surface area contributed by atoms with Gasteiger partial charge in [0.1, 0.15) is 5.15 Å². The molecule has 1 fully saturated rings. The molecule has 2 heterocycles. The molecule has 0 amide bonds. The molecule has 0 bridgehead atoms. The molecule has 0 saturated carbocycles. The molecule has 1 aromatic heterocycles. The molecule has 21 heavy (non-hydrogen) atoms. The summed E-state index contributed by atoms with van der Waals surface area (Å²) in [5.74, 6) is 5.98. The Morgan fingerprint density at radius 2 is 2.10 bits per heavy atom. The van der Waals surface area contributed by atoms with E-state index in [-0.39, 0.29) is 18.6 Å². The molecule has 0 radical (unpaired) electrons. The van der Waals surface area contributed by atoms with Crippen LogP contribution in [0.1, 0.15) is 31.7 Å². The lowest BCUT2D eigenvalue weighted by atomic mass is 9.81. The monoisotopic (exact) mass is 308 g/mol. The summed E-state index contributed by atoms with van der Waals surface area (Å²) in [4.78, 5) is 6.34. The van der Waals surface area contributed by atoms with E-state index >= 15 is 0 Å². The van der Waals surface area contributed by atoms with Gasteiger partial charge >= 0.3 is 0 Å². The van der Waals surface area contributed by atoms with E-state index < -0.39 is 0 Å². The first kappa shape index (κ1) is 16.1. The predicted octanol–water partition coefficient (Wildman–Crippen LogP) is 2.07. The van der Waals surface area contributed by atoms with E-state index in [0.717, 1.165) is 37.2 Å². The van der Waals surface area contributed by atoms with Crippen molar-refractivity contribution in [1.29, 1.82) is 0 Å². The average molecular weight is 309 g/mol. The zero-order valence-corrected chi connectivity index (χ0v) is 13.0. The number of hydrogen-bond acceptors (Lipinski definition) is 4. The molecule has 5 heteroatoms. The molecule has 114 valence electrons. The number of hydrogen-bond donors (Lipinski definition) is 2. The van der Waals surface area contributed by atoms with E-state index in [4.69, 9.17) is 16.7 Å². The largest absolute Gasteiger partial charge is 0.396 e. The van der Waals surface area contributed by atoms with Gasteiger partial charge in [-0.25, -0.2) is 4.98 Å². The predicted molar refractivity (Wildman–Crippen MR) is 84.5 cm³/mol. The number of pyridine rings is 1. The minimum absolute atomic E-state index is 0.00998. The van der Waals surface area contributed by atoms with Gasteiger partial charge in [-0.15, -0.1) is 0 Å². The zero-order valence-electron chi connectivity index (χ0n) is 12.3. The summed E-state index contributed by atoms with van der Waals surface area (Å²) < 4.78 is 0. The highest BCUT2D eigenvalue weighted by Gasteiger charge is 2.30. The highest BCUT2D eigenvalue weighted by molar-refractivity contribution is 6.29. The quantitative estimate of drug-likeness (QED) is 0.663. The topological polar surface area (TPSA) is 56.6 Å². The van der Waals surface area contributed by atoms with Crippen LogP contribution in [0.4, 0.5) is 5.69 Å². The third-order valence-corrected chi connectivity index (χ3v) is 4.21.